The number of halogens is 1. The van der Waals surface area contributed by atoms with Crippen LogP contribution >= 0.6 is 11.8 Å². The molecule has 0 aromatic heterocycles. The molecule has 1 N–H and O–H groups in total. The van der Waals surface area contributed by atoms with Crippen LogP contribution in [-0.2, 0) is 6.42 Å². The number of benzene rings is 2. The fourth-order valence-corrected chi connectivity index (χ4v) is 2.56. The summed E-state index contributed by atoms with van der Waals surface area (Å²) in [5, 5.41) is 9.91. The second-order valence-electron chi connectivity index (χ2n) is 4.08. The Labute approximate surface area is 111 Å². The molecule has 2 aromatic carbocycles. The standard InChI is InChI=1S/C15H15FOS/c16-14-8-4-5-9-15(14)18-11-13(17)10-12-6-2-1-3-7-12/h1-9,13,17H,10-11H2. The first-order valence-electron chi connectivity index (χ1n) is 5.85. The van der Waals surface area contributed by atoms with Crippen LogP contribution < -0.4 is 0 Å². The summed E-state index contributed by atoms with van der Waals surface area (Å²) in [6.07, 6.45) is 0.138. The Balaban J connectivity index is 1.86. The molecule has 1 unspecified atom stereocenters. The highest BCUT2D eigenvalue weighted by Crippen LogP contribution is 2.22. The smallest absolute Gasteiger partial charge is 0.136 e. The summed E-state index contributed by atoms with van der Waals surface area (Å²) < 4.78 is 13.4. The van der Waals surface area contributed by atoms with Crippen molar-refractivity contribution in [1.29, 1.82) is 0 Å². The van der Waals surface area contributed by atoms with E-state index in [4.69, 9.17) is 0 Å². The lowest BCUT2D eigenvalue weighted by molar-refractivity contribution is 0.200. The number of hydrogen-bond acceptors (Lipinski definition) is 2. The predicted molar refractivity (Wildman–Crippen MR) is 73.3 cm³/mol. The molecule has 0 aliphatic carbocycles. The fourth-order valence-electron chi connectivity index (χ4n) is 1.69. The van der Waals surface area contributed by atoms with E-state index in [2.05, 4.69) is 0 Å². The molecule has 94 valence electrons. The first kappa shape index (κ1) is 13.1. The summed E-state index contributed by atoms with van der Waals surface area (Å²) in [6.45, 7) is 0. The zero-order valence-electron chi connectivity index (χ0n) is 9.92. The van der Waals surface area contributed by atoms with Crippen molar-refractivity contribution in [2.24, 2.45) is 0 Å². The minimum atomic E-state index is -0.461. The van der Waals surface area contributed by atoms with Gasteiger partial charge in [-0.05, 0) is 24.1 Å². The van der Waals surface area contributed by atoms with Gasteiger partial charge in [0, 0.05) is 10.6 Å². The average molecular weight is 262 g/mol. The summed E-state index contributed by atoms with van der Waals surface area (Å²) in [4.78, 5) is 0.588. The lowest BCUT2D eigenvalue weighted by Gasteiger charge is -2.10. The Kier molecular flexibility index (Phi) is 4.79. The summed E-state index contributed by atoms with van der Waals surface area (Å²) in [7, 11) is 0. The third kappa shape index (κ3) is 3.86. The zero-order valence-corrected chi connectivity index (χ0v) is 10.7. The van der Waals surface area contributed by atoms with Crippen LogP contribution in [-0.4, -0.2) is 17.0 Å². The van der Waals surface area contributed by atoms with Crippen LogP contribution in [0.1, 0.15) is 5.56 Å². The minimum absolute atomic E-state index is 0.227. The molecule has 2 rings (SSSR count). The molecule has 18 heavy (non-hydrogen) atoms. The molecule has 0 bridgehead atoms. The second kappa shape index (κ2) is 6.57. The van der Waals surface area contributed by atoms with E-state index >= 15 is 0 Å². The van der Waals surface area contributed by atoms with Gasteiger partial charge in [0.25, 0.3) is 0 Å². The lowest BCUT2D eigenvalue weighted by Crippen LogP contribution is -2.13. The minimum Gasteiger partial charge on any atom is -0.392 e. The summed E-state index contributed by atoms with van der Waals surface area (Å²) in [5.41, 5.74) is 1.10. The predicted octanol–water partition coefficient (Wildman–Crippen LogP) is 3.52. The number of hydrogen-bond donors (Lipinski definition) is 1. The molecule has 0 aliphatic heterocycles. The molecular formula is C15H15FOS. The van der Waals surface area contributed by atoms with E-state index in [1.807, 2.05) is 30.3 Å². The van der Waals surface area contributed by atoms with Crippen LogP contribution in [0.3, 0.4) is 0 Å². The van der Waals surface area contributed by atoms with Gasteiger partial charge in [-0.1, -0.05) is 42.5 Å². The Morgan fingerprint density at radius 1 is 1.00 bits per heavy atom. The monoisotopic (exact) mass is 262 g/mol. The fraction of sp³-hybridized carbons (Fsp3) is 0.200. The highest BCUT2D eigenvalue weighted by Gasteiger charge is 2.08. The van der Waals surface area contributed by atoms with Crippen molar-refractivity contribution in [2.45, 2.75) is 17.4 Å². The van der Waals surface area contributed by atoms with Crippen molar-refractivity contribution < 1.29 is 9.50 Å². The van der Waals surface area contributed by atoms with Crippen LogP contribution in [0.2, 0.25) is 0 Å². The van der Waals surface area contributed by atoms with Crippen molar-refractivity contribution in [2.75, 3.05) is 5.75 Å². The molecule has 0 radical (unpaired) electrons. The van der Waals surface area contributed by atoms with Crippen molar-refractivity contribution >= 4 is 11.8 Å². The van der Waals surface area contributed by atoms with Gasteiger partial charge in [0.2, 0.25) is 0 Å². The van der Waals surface area contributed by atoms with Crippen LogP contribution in [0, 0.1) is 5.82 Å². The number of thioether (sulfide) groups is 1. The summed E-state index contributed by atoms with van der Waals surface area (Å²) in [5.74, 6) is 0.268. The number of aliphatic hydroxyl groups excluding tert-OH is 1. The van der Waals surface area contributed by atoms with E-state index in [0.717, 1.165) is 5.56 Å². The summed E-state index contributed by atoms with van der Waals surface area (Å²) in [6, 6.07) is 16.5. The molecule has 0 aliphatic rings. The van der Waals surface area contributed by atoms with Gasteiger partial charge in [0.1, 0.15) is 5.82 Å². The first-order valence-corrected chi connectivity index (χ1v) is 6.83. The number of rotatable bonds is 5. The molecule has 0 amide bonds. The van der Waals surface area contributed by atoms with Gasteiger partial charge in [-0.25, -0.2) is 4.39 Å². The largest absolute Gasteiger partial charge is 0.392 e. The molecule has 1 nitrogen and oxygen atoms in total. The van der Waals surface area contributed by atoms with Gasteiger partial charge in [0.15, 0.2) is 0 Å². The Bertz CT molecular complexity index is 487. The highest BCUT2D eigenvalue weighted by molar-refractivity contribution is 7.99. The SMILES string of the molecule is OC(CSc1ccccc1F)Cc1ccccc1. The quantitative estimate of drug-likeness (QED) is 0.832. The van der Waals surface area contributed by atoms with Gasteiger partial charge in [-0.2, -0.15) is 0 Å². The molecule has 0 spiro atoms. The van der Waals surface area contributed by atoms with Crippen molar-refractivity contribution in [3.8, 4) is 0 Å². The van der Waals surface area contributed by atoms with Crippen LogP contribution in [0.15, 0.2) is 59.5 Å². The van der Waals surface area contributed by atoms with E-state index in [9.17, 15) is 9.50 Å². The molecule has 0 saturated heterocycles. The third-order valence-electron chi connectivity index (χ3n) is 2.58. The van der Waals surface area contributed by atoms with Crippen LogP contribution in [0.25, 0.3) is 0 Å². The molecule has 1 atom stereocenters. The van der Waals surface area contributed by atoms with Crippen LogP contribution in [0.5, 0.6) is 0 Å². The van der Waals surface area contributed by atoms with E-state index < -0.39 is 6.10 Å². The van der Waals surface area contributed by atoms with Gasteiger partial charge >= 0.3 is 0 Å². The van der Waals surface area contributed by atoms with E-state index in [-0.39, 0.29) is 5.82 Å². The Morgan fingerprint density at radius 2 is 1.67 bits per heavy atom. The molecule has 3 heteroatoms. The van der Waals surface area contributed by atoms with Gasteiger partial charge in [-0.15, -0.1) is 11.8 Å². The van der Waals surface area contributed by atoms with E-state index in [1.54, 1.807) is 18.2 Å². The zero-order chi connectivity index (χ0) is 12.8. The number of aliphatic hydroxyl groups is 1. The van der Waals surface area contributed by atoms with E-state index in [0.29, 0.717) is 17.1 Å². The maximum Gasteiger partial charge on any atom is 0.136 e. The summed E-state index contributed by atoms with van der Waals surface area (Å²) >= 11 is 1.35. The Morgan fingerprint density at radius 3 is 2.39 bits per heavy atom. The van der Waals surface area contributed by atoms with Crippen molar-refractivity contribution in [3.05, 3.63) is 66.0 Å². The van der Waals surface area contributed by atoms with E-state index in [1.165, 1.54) is 17.8 Å². The Hall–Kier alpha value is -1.32. The molecule has 0 saturated carbocycles. The van der Waals surface area contributed by atoms with Crippen molar-refractivity contribution in [1.82, 2.24) is 0 Å². The molecule has 0 heterocycles. The highest BCUT2D eigenvalue weighted by atomic mass is 32.2. The van der Waals surface area contributed by atoms with Crippen molar-refractivity contribution in [3.63, 3.8) is 0 Å². The van der Waals surface area contributed by atoms with Gasteiger partial charge in [0.05, 0.1) is 6.10 Å². The second-order valence-corrected chi connectivity index (χ2v) is 5.15. The third-order valence-corrected chi connectivity index (χ3v) is 3.78. The molecule has 0 fully saturated rings. The topological polar surface area (TPSA) is 20.2 Å². The van der Waals surface area contributed by atoms with Crippen LogP contribution in [0.4, 0.5) is 4.39 Å². The lowest BCUT2D eigenvalue weighted by atomic mass is 10.1. The normalized spacial score (nSPS) is 12.3. The average Bonchev–Trinajstić information content (AvgIpc) is 2.39. The first-order chi connectivity index (χ1) is 8.75. The maximum atomic E-state index is 13.4. The molecular weight excluding hydrogens is 247 g/mol. The van der Waals surface area contributed by atoms with Gasteiger partial charge in [-0.3, -0.25) is 0 Å². The van der Waals surface area contributed by atoms with Gasteiger partial charge < -0.3 is 5.11 Å². The molecule has 2 aromatic rings. The maximum absolute atomic E-state index is 13.4.